The van der Waals surface area contributed by atoms with Crippen molar-refractivity contribution in [2.75, 3.05) is 14.2 Å². The topological polar surface area (TPSA) is 55.8 Å². The number of carbonyl (C=O) groups is 2. The van der Waals surface area contributed by atoms with Crippen molar-refractivity contribution in [2.24, 2.45) is 5.92 Å². The van der Waals surface area contributed by atoms with Crippen molar-refractivity contribution in [2.45, 2.75) is 19.4 Å². The molecule has 5 nitrogen and oxygen atoms in total. The van der Waals surface area contributed by atoms with Crippen LogP contribution in [-0.2, 0) is 32.1 Å². The van der Waals surface area contributed by atoms with Crippen LogP contribution in [0, 0.1) is 5.92 Å². The molecule has 0 saturated heterocycles. The van der Waals surface area contributed by atoms with Crippen LogP contribution in [0.2, 0.25) is 0 Å². The Bertz CT molecular complexity index is 486. The van der Waals surface area contributed by atoms with Crippen LogP contribution in [0.3, 0.4) is 0 Å². The summed E-state index contributed by atoms with van der Waals surface area (Å²) in [5.41, 5.74) is 2.12. The van der Waals surface area contributed by atoms with E-state index in [4.69, 9.17) is 4.84 Å². The van der Waals surface area contributed by atoms with E-state index in [1.807, 2.05) is 24.3 Å². The van der Waals surface area contributed by atoms with Gasteiger partial charge in [-0.1, -0.05) is 24.3 Å². The minimum atomic E-state index is -0.434. The quantitative estimate of drug-likeness (QED) is 0.772. The lowest BCUT2D eigenvalue weighted by Gasteiger charge is -2.21. The van der Waals surface area contributed by atoms with Gasteiger partial charge in [-0.2, -0.15) is 0 Å². The average Bonchev–Trinajstić information content (AvgIpc) is 2.56. The van der Waals surface area contributed by atoms with Crippen LogP contribution >= 0.6 is 0 Å². The first-order valence-corrected chi connectivity index (χ1v) is 6.14. The van der Waals surface area contributed by atoms with Gasteiger partial charge >= 0.3 is 5.97 Å². The number of esters is 1. The maximum absolute atomic E-state index is 12.3. The largest absolute Gasteiger partial charge is 0.469 e. The first kappa shape index (κ1) is 13.5. The number of amides is 1. The fourth-order valence-corrected chi connectivity index (χ4v) is 2.30. The molecule has 0 fully saturated rings. The molecule has 5 heteroatoms. The molecule has 1 heterocycles. The number of nitrogens with zero attached hydrogens (tertiary/aromatic N) is 1. The summed E-state index contributed by atoms with van der Waals surface area (Å²) in [5.74, 6) is -0.992. The summed E-state index contributed by atoms with van der Waals surface area (Å²) in [6.45, 7) is 0.406. The molecule has 0 aromatic heterocycles. The number of carbonyl (C=O) groups excluding carboxylic acids is 2. The Kier molecular flexibility index (Phi) is 4.16. The molecule has 0 aliphatic carbocycles. The van der Waals surface area contributed by atoms with Crippen LogP contribution in [-0.4, -0.2) is 31.2 Å². The third kappa shape index (κ3) is 2.93. The second-order valence-electron chi connectivity index (χ2n) is 4.51. The van der Waals surface area contributed by atoms with Gasteiger partial charge in [-0.3, -0.25) is 14.4 Å². The van der Waals surface area contributed by atoms with Crippen molar-refractivity contribution in [3.05, 3.63) is 35.4 Å². The monoisotopic (exact) mass is 263 g/mol. The maximum atomic E-state index is 12.3. The molecule has 1 aromatic rings. The van der Waals surface area contributed by atoms with Gasteiger partial charge in [-0.05, 0) is 17.5 Å². The van der Waals surface area contributed by atoms with Crippen LogP contribution in [0.25, 0.3) is 0 Å². The molecule has 0 radical (unpaired) electrons. The lowest BCUT2D eigenvalue weighted by molar-refractivity contribution is -0.184. The molecule has 1 aliphatic heterocycles. The summed E-state index contributed by atoms with van der Waals surface area (Å²) in [4.78, 5) is 28.8. The third-order valence-corrected chi connectivity index (χ3v) is 3.35. The fourth-order valence-electron chi connectivity index (χ4n) is 2.30. The van der Waals surface area contributed by atoms with E-state index in [2.05, 4.69) is 4.74 Å². The number of ether oxygens (including phenoxy) is 1. The number of hydrogen-bond acceptors (Lipinski definition) is 4. The van der Waals surface area contributed by atoms with Crippen LogP contribution in [0.1, 0.15) is 17.5 Å². The van der Waals surface area contributed by atoms with Gasteiger partial charge in [0.2, 0.25) is 5.91 Å². The molecular formula is C14H17NO4. The van der Waals surface area contributed by atoms with Gasteiger partial charge in [0, 0.05) is 0 Å². The fraction of sp³-hybridized carbons (Fsp3) is 0.429. The van der Waals surface area contributed by atoms with Crippen LogP contribution in [0.4, 0.5) is 0 Å². The molecule has 2 rings (SSSR count). The summed E-state index contributed by atoms with van der Waals surface area (Å²) >= 11 is 0. The lowest BCUT2D eigenvalue weighted by atomic mass is 9.94. The van der Waals surface area contributed by atoms with Crippen molar-refractivity contribution < 1.29 is 19.2 Å². The molecule has 0 saturated carbocycles. The molecule has 0 N–H and O–H groups in total. The van der Waals surface area contributed by atoms with E-state index in [-0.39, 0.29) is 18.3 Å². The highest BCUT2D eigenvalue weighted by atomic mass is 16.7. The Morgan fingerprint density at radius 1 is 1.32 bits per heavy atom. The summed E-state index contributed by atoms with van der Waals surface area (Å²) < 4.78 is 4.65. The van der Waals surface area contributed by atoms with E-state index in [1.54, 1.807) is 0 Å². The standard InChI is InChI=1S/C14H17NO4/c1-18-13(16)8-12-7-10-5-3-4-6-11(10)9-15(19-2)14(12)17/h3-6,12H,7-9H2,1-2H3/t12-/m0/s1. The van der Waals surface area contributed by atoms with E-state index < -0.39 is 5.92 Å². The minimum absolute atomic E-state index is 0.0729. The zero-order valence-corrected chi connectivity index (χ0v) is 11.1. The van der Waals surface area contributed by atoms with Crippen molar-refractivity contribution in [1.29, 1.82) is 0 Å². The maximum Gasteiger partial charge on any atom is 0.306 e. The summed E-state index contributed by atoms with van der Waals surface area (Å²) in [6, 6.07) is 7.81. The number of methoxy groups -OCH3 is 1. The Hall–Kier alpha value is -1.88. The zero-order valence-electron chi connectivity index (χ0n) is 11.1. The van der Waals surface area contributed by atoms with Crippen molar-refractivity contribution in [3.8, 4) is 0 Å². The zero-order chi connectivity index (χ0) is 13.8. The van der Waals surface area contributed by atoms with E-state index in [9.17, 15) is 9.59 Å². The molecule has 1 aliphatic rings. The number of hydrogen-bond donors (Lipinski definition) is 0. The predicted molar refractivity (Wildman–Crippen MR) is 67.8 cm³/mol. The van der Waals surface area contributed by atoms with E-state index in [0.29, 0.717) is 13.0 Å². The molecule has 102 valence electrons. The number of rotatable bonds is 3. The van der Waals surface area contributed by atoms with Crippen LogP contribution < -0.4 is 0 Å². The molecular weight excluding hydrogens is 246 g/mol. The van der Waals surface area contributed by atoms with Gasteiger partial charge in [0.1, 0.15) is 0 Å². The van der Waals surface area contributed by atoms with E-state index in [0.717, 1.165) is 11.1 Å². The minimum Gasteiger partial charge on any atom is -0.469 e. The molecule has 1 amide bonds. The third-order valence-electron chi connectivity index (χ3n) is 3.35. The van der Waals surface area contributed by atoms with Crippen LogP contribution in [0.15, 0.2) is 24.3 Å². The van der Waals surface area contributed by atoms with Gasteiger partial charge in [-0.25, -0.2) is 5.06 Å². The second kappa shape index (κ2) is 5.84. The van der Waals surface area contributed by atoms with Crippen molar-refractivity contribution in [1.82, 2.24) is 5.06 Å². The van der Waals surface area contributed by atoms with Crippen molar-refractivity contribution >= 4 is 11.9 Å². The molecule has 0 bridgehead atoms. The van der Waals surface area contributed by atoms with Gasteiger partial charge < -0.3 is 4.74 Å². The van der Waals surface area contributed by atoms with Gasteiger partial charge in [0.05, 0.1) is 33.1 Å². The molecule has 0 spiro atoms. The first-order chi connectivity index (χ1) is 9.15. The Balaban J connectivity index is 2.28. The Labute approximate surface area is 112 Å². The smallest absolute Gasteiger partial charge is 0.306 e. The van der Waals surface area contributed by atoms with Gasteiger partial charge in [0.15, 0.2) is 0 Å². The predicted octanol–water partition coefficient (Wildman–Crippen LogP) is 1.31. The highest BCUT2D eigenvalue weighted by Crippen LogP contribution is 2.25. The Morgan fingerprint density at radius 2 is 2.00 bits per heavy atom. The van der Waals surface area contributed by atoms with Crippen molar-refractivity contribution in [3.63, 3.8) is 0 Å². The average molecular weight is 263 g/mol. The number of benzene rings is 1. The highest BCUT2D eigenvalue weighted by Gasteiger charge is 2.31. The summed E-state index contributed by atoms with van der Waals surface area (Å²) in [6.07, 6.45) is 0.605. The highest BCUT2D eigenvalue weighted by molar-refractivity contribution is 5.84. The van der Waals surface area contributed by atoms with Gasteiger partial charge in [0.25, 0.3) is 0 Å². The molecule has 1 atom stereocenters. The number of fused-ring (bicyclic) bond motifs is 1. The van der Waals surface area contributed by atoms with E-state index in [1.165, 1.54) is 19.3 Å². The lowest BCUT2D eigenvalue weighted by Crippen LogP contribution is -2.34. The number of hydroxylamine groups is 2. The normalized spacial score (nSPS) is 18.7. The molecule has 19 heavy (non-hydrogen) atoms. The summed E-state index contributed by atoms with van der Waals surface area (Å²) in [7, 11) is 2.78. The second-order valence-corrected chi connectivity index (χ2v) is 4.51. The van der Waals surface area contributed by atoms with Crippen LogP contribution in [0.5, 0.6) is 0 Å². The molecule has 0 unspecified atom stereocenters. The first-order valence-electron chi connectivity index (χ1n) is 6.14. The summed E-state index contributed by atoms with van der Waals surface area (Å²) in [5, 5.41) is 1.30. The SMILES string of the molecule is COC(=O)C[C@@H]1Cc2ccccc2CN(OC)C1=O. The molecule has 1 aromatic carbocycles. The Morgan fingerprint density at radius 3 is 2.63 bits per heavy atom. The van der Waals surface area contributed by atoms with Gasteiger partial charge in [-0.15, -0.1) is 0 Å². The van der Waals surface area contributed by atoms with E-state index >= 15 is 0 Å².